The zero-order valence-corrected chi connectivity index (χ0v) is 18.6. The highest BCUT2D eigenvalue weighted by molar-refractivity contribution is 7.46. The summed E-state index contributed by atoms with van der Waals surface area (Å²) < 4.78 is 28.6. The molecule has 13 heteroatoms. The van der Waals surface area contributed by atoms with Gasteiger partial charge in [0, 0.05) is 6.54 Å². The van der Waals surface area contributed by atoms with Gasteiger partial charge in [-0.25, -0.2) is 9.78 Å². The van der Waals surface area contributed by atoms with Gasteiger partial charge in [-0.2, -0.15) is 4.98 Å². The number of aryl methyl sites for hydroxylation is 1. The summed E-state index contributed by atoms with van der Waals surface area (Å²) >= 11 is 0. The molecule has 3 N–H and O–H groups in total. The Balaban J connectivity index is 1.33. The molecular formula is C20H22N5O7P. The lowest BCUT2D eigenvalue weighted by Crippen LogP contribution is -2.13. The van der Waals surface area contributed by atoms with Crippen molar-refractivity contribution in [2.24, 2.45) is 0 Å². The maximum atomic E-state index is 11.9. The predicted molar refractivity (Wildman–Crippen MR) is 118 cm³/mol. The maximum Gasteiger partial charge on any atom is 0.518 e. The third-order valence-electron chi connectivity index (χ3n) is 4.51. The van der Waals surface area contributed by atoms with Crippen molar-refractivity contribution in [2.45, 2.75) is 26.7 Å². The molecule has 0 fully saturated rings. The molecule has 12 nitrogen and oxygen atoms in total. The van der Waals surface area contributed by atoms with Crippen molar-refractivity contribution in [3.8, 4) is 0 Å². The average molecular weight is 475 g/mol. The molecule has 174 valence electrons. The van der Waals surface area contributed by atoms with Gasteiger partial charge in [0.1, 0.15) is 19.2 Å². The SMILES string of the molecule is Cc1ccc(COP(COCCn2cnc3c(=O)[nH]c(N)nc32)OCc2coc(=O)o2)cc1. The van der Waals surface area contributed by atoms with Crippen LogP contribution in [-0.4, -0.2) is 32.5 Å². The molecule has 0 bridgehead atoms. The monoisotopic (exact) mass is 475 g/mol. The van der Waals surface area contributed by atoms with Crippen LogP contribution >= 0.6 is 8.38 Å². The van der Waals surface area contributed by atoms with Crippen molar-refractivity contribution in [1.29, 1.82) is 0 Å². The van der Waals surface area contributed by atoms with Gasteiger partial charge in [0.05, 0.1) is 19.5 Å². The van der Waals surface area contributed by atoms with E-state index in [1.165, 1.54) is 12.6 Å². The summed E-state index contributed by atoms with van der Waals surface area (Å²) in [5.74, 6) is -0.525. The molecule has 0 saturated carbocycles. The Kier molecular flexibility index (Phi) is 7.30. The summed E-state index contributed by atoms with van der Waals surface area (Å²) in [6.45, 7) is 3.03. The number of ether oxygens (including phenoxy) is 1. The first-order valence-electron chi connectivity index (χ1n) is 9.93. The molecule has 0 amide bonds. The van der Waals surface area contributed by atoms with Crippen molar-refractivity contribution in [2.75, 3.05) is 18.7 Å². The molecule has 0 aliphatic carbocycles. The van der Waals surface area contributed by atoms with Gasteiger partial charge in [0.2, 0.25) is 5.95 Å². The van der Waals surface area contributed by atoms with E-state index in [4.69, 9.17) is 23.9 Å². The number of rotatable bonds is 11. The second-order valence-corrected chi connectivity index (χ2v) is 8.46. The highest BCUT2D eigenvalue weighted by Crippen LogP contribution is 2.40. The summed E-state index contributed by atoms with van der Waals surface area (Å²) in [6, 6.07) is 7.95. The Hall–Kier alpha value is -3.31. The second-order valence-electron chi connectivity index (χ2n) is 7.02. The molecule has 1 aromatic carbocycles. The standard InChI is InChI=1S/C20H22N5O7P/c1-13-2-4-14(5-3-13)8-30-33(31-10-15-9-29-20(27)32-15)12-28-7-6-25-11-22-16-17(25)23-19(21)24-18(16)26/h2-5,9,11H,6-8,10,12H2,1H3,(H3,21,23,24,26). The highest BCUT2D eigenvalue weighted by atomic mass is 31.2. The van der Waals surface area contributed by atoms with Crippen LogP contribution in [0.25, 0.3) is 11.2 Å². The third-order valence-corrected chi connectivity index (χ3v) is 5.74. The number of hydrogen-bond acceptors (Lipinski definition) is 10. The van der Waals surface area contributed by atoms with Crippen LogP contribution in [0.1, 0.15) is 16.9 Å². The molecule has 4 rings (SSSR count). The summed E-state index contributed by atoms with van der Waals surface area (Å²) in [5.41, 5.74) is 7.95. The average Bonchev–Trinajstić information content (AvgIpc) is 3.39. The molecule has 3 heterocycles. The number of imidazole rings is 1. The number of aromatic amines is 1. The number of nitrogen functional groups attached to an aromatic ring is 1. The van der Waals surface area contributed by atoms with Gasteiger partial charge in [-0.15, -0.1) is 0 Å². The first-order valence-corrected chi connectivity index (χ1v) is 11.3. The lowest BCUT2D eigenvalue weighted by atomic mass is 10.2. The zero-order chi connectivity index (χ0) is 23.2. The summed E-state index contributed by atoms with van der Waals surface area (Å²) in [7, 11) is -1.46. The minimum atomic E-state index is -1.46. The Bertz CT molecular complexity index is 1310. The Morgan fingerprint density at radius 1 is 1.18 bits per heavy atom. The van der Waals surface area contributed by atoms with Crippen molar-refractivity contribution in [1.82, 2.24) is 19.5 Å². The van der Waals surface area contributed by atoms with E-state index in [1.807, 2.05) is 31.2 Å². The fourth-order valence-electron chi connectivity index (χ4n) is 2.85. The van der Waals surface area contributed by atoms with Crippen LogP contribution in [0.5, 0.6) is 0 Å². The van der Waals surface area contributed by atoms with Crippen LogP contribution in [0.4, 0.5) is 5.95 Å². The van der Waals surface area contributed by atoms with Crippen molar-refractivity contribution in [3.63, 3.8) is 0 Å². The lowest BCUT2D eigenvalue weighted by Gasteiger charge is -2.17. The van der Waals surface area contributed by atoms with Gasteiger partial charge in [-0.3, -0.25) is 9.78 Å². The van der Waals surface area contributed by atoms with E-state index in [0.29, 0.717) is 18.8 Å². The number of fused-ring (bicyclic) bond motifs is 1. The van der Waals surface area contributed by atoms with E-state index in [-0.39, 0.29) is 36.8 Å². The van der Waals surface area contributed by atoms with Gasteiger partial charge >= 0.3 is 5.82 Å². The predicted octanol–water partition coefficient (Wildman–Crippen LogP) is 2.28. The number of hydrogen-bond donors (Lipinski definition) is 2. The van der Waals surface area contributed by atoms with Crippen LogP contribution < -0.4 is 17.1 Å². The number of nitrogens with one attached hydrogen (secondary N) is 1. The van der Waals surface area contributed by atoms with Crippen LogP contribution in [-0.2, 0) is 33.5 Å². The molecule has 0 radical (unpaired) electrons. The molecule has 0 spiro atoms. The number of anilines is 1. The zero-order valence-electron chi connectivity index (χ0n) is 17.7. The van der Waals surface area contributed by atoms with E-state index >= 15 is 0 Å². The van der Waals surface area contributed by atoms with E-state index < -0.39 is 19.8 Å². The molecule has 0 aliphatic heterocycles. The van der Waals surface area contributed by atoms with Gasteiger partial charge in [0.15, 0.2) is 25.3 Å². The van der Waals surface area contributed by atoms with Crippen LogP contribution in [0.15, 0.2) is 55.3 Å². The molecule has 0 aliphatic rings. The molecule has 1 atom stereocenters. The van der Waals surface area contributed by atoms with E-state index in [2.05, 4.69) is 19.4 Å². The second kappa shape index (κ2) is 10.5. The topological polar surface area (TPSA) is 161 Å². The minimum absolute atomic E-state index is 0.00678. The molecular weight excluding hydrogens is 453 g/mol. The largest absolute Gasteiger partial charge is 0.518 e. The van der Waals surface area contributed by atoms with Crippen molar-refractivity contribution >= 4 is 25.5 Å². The molecule has 3 aromatic heterocycles. The van der Waals surface area contributed by atoms with Gasteiger partial charge in [-0.05, 0) is 12.5 Å². The number of nitrogens with two attached hydrogens (primary N) is 1. The Labute approximate surface area is 188 Å². The number of benzene rings is 1. The Morgan fingerprint density at radius 3 is 2.73 bits per heavy atom. The number of nitrogens with zero attached hydrogens (tertiary/aromatic N) is 3. The quantitative estimate of drug-likeness (QED) is 0.243. The summed E-state index contributed by atoms with van der Waals surface area (Å²) in [4.78, 5) is 33.5. The van der Waals surface area contributed by atoms with E-state index in [0.717, 1.165) is 11.1 Å². The lowest BCUT2D eigenvalue weighted by molar-refractivity contribution is 0.136. The minimum Gasteiger partial charge on any atom is -0.399 e. The van der Waals surface area contributed by atoms with Gasteiger partial charge in [-0.1, -0.05) is 29.8 Å². The van der Waals surface area contributed by atoms with Crippen LogP contribution in [0, 0.1) is 6.92 Å². The van der Waals surface area contributed by atoms with E-state index in [1.54, 1.807) is 4.57 Å². The first kappa shape index (κ1) is 22.9. The highest BCUT2D eigenvalue weighted by Gasteiger charge is 2.15. The number of aromatic nitrogens is 4. The molecule has 1 unspecified atom stereocenters. The molecule has 4 aromatic rings. The summed E-state index contributed by atoms with van der Waals surface area (Å²) in [5, 5.41) is 0. The normalized spacial score (nSPS) is 12.4. The number of H-pyrrole nitrogens is 1. The fraction of sp³-hybridized carbons (Fsp3) is 0.300. The molecule has 33 heavy (non-hydrogen) atoms. The Morgan fingerprint density at radius 2 is 1.97 bits per heavy atom. The van der Waals surface area contributed by atoms with Crippen molar-refractivity contribution < 1.29 is 22.6 Å². The first-order chi connectivity index (χ1) is 16.0. The van der Waals surface area contributed by atoms with Crippen LogP contribution in [0.2, 0.25) is 0 Å². The summed E-state index contributed by atoms with van der Waals surface area (Å²) in [6.07, 6.45) is 2.87. The van der Waals surface area contributed by atoms with Gasteiger partial charge in [0.25, 0.3) is 5.56 Å². The van der Waals surface area contributed by atoms with Gasteiger partial charge < -0.3 is 32.9 Å². The van der Waals surface area contributed by atoms with Crippen molar-refractivity contribution in [3.05, 3.63) is 74.7 Å². The third kappa shape index (κ3) is 6.14. The smallest absolute Gasteiger partial charge is 0.399 e. The maximum absolute atomic E-state index is 11.9. The van der Waals surface area contributed by atoms with E-state index in [9.17, 15) is 9.59 Å². The van der Waals surface area contributed by atoms with Crippen LogP contribution in [0.3, 0.4) is 0 Å². The molecule has 0 saturated heterocycles. The fourth-order valence-corrected chi connectivity index (χ4v) is 3.91.